The van der Waals surface area contributed by atoms with Crippen molar-refractivity contribution in [3.63, 3.8) is 0 Å². The first-order chi connectivity index (χ1) is 16.3. The number of amides is 1. The maximum Gasteiger partial charge on any atom is 0.227 e. The van der Waals surface area contributed by atoms with Crippen LogP contribution in [0, 0.1) is 5.92 Å². The zero-order chi connectivity index (χ0) is 24.1. The highest BCUT2D eigenvalue weighted by atomic mass is 35.5. The standard InChI is InChI=1S/C25H24Cl2N2O4S/c26-20-6-4-5-18(15-20)17-34(31,32)29-13-11-19(12-14-29)25(30)28-23-16-21(27)9-10-24(23)33-22-7-2-1-3-8-22/h1-10,15-16,19H,11-14,17H2,(H,28,30). The summed E-state index contributed by atoms with van der Waals surface area (Å²) in [5, 5.41) is 3.88. The van der Waals surface area contributed by atoms with Crippen LogP contribution in [0.2, 0.25) is 10.0 Å². The van der Waals surface area contributed by atoms with E-state index in [-0.39, 0.29) is 30.7 Å². The molecule has 1 aliphatic heterocycles. The summed E-state index contributed by atoms with van der Waals surface area (Å²) in [6, 6.07) is 21.1. The highest BCUT2D eigenvalue weighted by Gasteiger charge is 2.31. The molecule has 3 aromatic carbocycles. The molecule has 3 aromatic rings. The first-order valence-corrected chi connectivity index (χ1v) is 13.2. The molecule has 0 radical (unpaired) electrons. The molecule has 0 saturated carbocycles. The predicted octanol–water partition coefficient (Wildman–Crippen LogP) is 5.97. The number of para-hydroxylation sites is 1. The van der Waals surface area contributed by atoms with E-state index in [1.165, 1.54) is 4.31 Å². The Kier molecular flexibility index (Phi) is 7.78. The lowest BCUT2D eigenvalue weighted by Gasteiger charge is -2.30. The molecule has 9 heteroatoms. The summed E-state index contributed by atoms with van der Waals surface area (Å²) >= 11 is 12.1. The number of ether oxygens (including phenoxy) is 1. The van der Waals surface area contributed by atoms with Gasteiger partial charge in [-0.3, -0.25) is 4.79 Å². The fraction of sp³-hybridized carbons (Fsp3) is 0.240. The van der Waals surface area contributed by atoms with Crippen LogP contribution in [-0.4, -0.2) is 31.7 Å². The Morgan fingerprint density at radius 3 is 2.35 bits per heavy atom. The molecule has 1 saturated heterocycles. The fourth-order valence-corrected chi connectivity index (χ4v) is 5.80. The average Bonchev–Trinajstić information content (AvgIpc) is 2.81. The summed E-state index contributed by atoms with van der Waals surface area (Å²) < 4.78 is 33.0. The average molecular weight is 519 g/mol. The summed E-state index contributed by atoms with van der Waals surface area (Å²) in [5.74, 6) is 0.491. The third kappa shape index (κ3) is 6.30. The van der Waals surface area contributed by atoms with Crippen LogP contribution in [0.15, 0.2) is 72.8 Å². The van der Waals surface area contributed by atoms with E-state index in [1.807, 2.05) is 30.3 Å². The van der Waals surface area contributed by atoms with Crippen molar-refractivity contribution in [1.82, 2.24) is 4.31 Å². The van der Waals surface area contributed by atoms with Crippen molar-refractivity contribution in [2.45, 2.75) is 18.6 Å². The molecule has 0 bridgehead atoms. The number of nitrogens with zero attached hydrogens (tertiary/aromatic N) is 1. The van der Waals surface area contributed by atoms with Gasteiger partial charge in [-0.2, -0.15) is 0 Å². The Hall–Kier alpha value is -2.58. The van der Waals surface area contributed by atoms with E-state index in [2.05, 4.69) is 5.32 Å². The van der Waals surface area contributed by atoms with Crippen molar-refractivity contribution in [3.8, 4) is 11.5 Å². The number of hydrogen-bond donors (Lipinski definition) is 1. The first-order valence-electron chi connectivity index (χ1n) is 10.9. The van der Waals surface area contributed by atoms with Crippen LogP contribution in [0.25, 0.3) is 0 Å². The third-order valence-electron chi connectivity index (χ3n) is 5.63. The van der Waals surface area contributed by atoms with Crippen molar-refractivity contribution < 1.29 is 17.9 Å². The van der Waals surface area contributed by atoms with Gasteiger partial charge in [-0.05, 0) is 60.9 Å². The molecule has 0 atom stereocenters. The van der Waals surface area contributed by atoms with Gasteiger partial charge in [0, 0.05) is 29.1 Å². The number of piperidine rings is 1. The van der Waals surface area contributed by atoms with Gasteiger partial charge in [-0.1, -0.05) is 53.5 Å². The second kappa shape index (κ2) is 10.8. The van der Waals surface area contributed by atoms with Crippen LogP contribution < -0.4 is 10.1 Å². The zero-order valence-electron chi connectivity index (χ0n) is 18.3. The number of hydrogen-bond acceptors (Lipinski definition) is 4. The van der Waals surface area contributed by atoms with Crippen LogP contribution in [0.5, 0.6) is 11.5 Å². The smallest absolute Gasteiger partial charge is 0.227 e. The Balaban J connectivity index is 1.38. The molecule has 34 heavy (non-hydrogen) atoms. The van der Waals surface area contributed by atoms with Gasteiger partial charge in [-0.25, -0.2) is 12.7 Å². The Labute approximate surface area is 209 Å². The lowest BCUT2D eigenvalue weighted by atomic mass is 9.97. The SMILES string of the molecule is O=C(Nc1cc(Cl)ccc1Oc1ccccc1)C1CCN(S(=O)(=O)Cc2cccc(Cl)c2)CC1. The molecular formula is C25H24Cl2N2O4S. The fourth-order valence-electron chi connectivity index (χ4n) is 3.86. The third-order valence-corrected chi connectivity index (χ3v) is 7.95. The van der Waals surface area contributed by atoms with Crippen molar-refractivity contribution in [2.24, 2.45) is 5.92 Å². The molecule has 0 unspecified atom stereocenters. The quantitative estimate of drug-likeness (QED) is 0.418. The number of carbonyl (C=O) groups is 1. The maximum absolute atomic E-state index is 13.0. The van der Waals surface area contributed by atoms with E-state index in [1.54, 1.807) is 42.5 Å². The van der Waals surface area contributed by atoms with Gasteiger partial charge < -0.3 is 10.1 Å². The van der Waals surface area contributed by atoms with E-state index in [0.717, 1.165) is 0 Å². The summed E-state index contributed by atoms with van der Waals surface area (Å²) in [6.45, 7) is 0.563. The van der Waals surface area contributed by atoms with Crippen LogP contribution >= 0.6 is 23.2 Å². The second-order valence-corrected chi connectivity index (χ2v) is 10.9. The normalized spacial score (nSPS) is 15.1. The van der Waals surface area contributed by atoms with Crippen molar-refractivity contribution in [3.05, 3.63) is 88.4 Å². The van der Waals surface area contributed by atoms with Crippen LogP contribution in [0.4, 0.5) is 5.69 Å². The molecule has 1 heterocycles. The van der Waals surface area contributed by atoms with Gasteiger partial charge in [0.2, 0.25) is 15.9 Å². The van der Waals surface area contributed by atoms with Crippen LogP contribution in [-0.2, 0) is 20.6 Å². The minimum atomic E-state index is -3.50. The molecule has 178 valence electrons. The lowest BCUT2D eigenvalue weighted by molar-refractivity contribution is -0.120. The molecule has 1 amide bonds. The summed E-state index contributed by atoms with van der Waals surface area (Å²) in [5.41, 5.74) is 1.11. The zero-order valence-corrected chi connectivity index (χ0v) is 20.6. The van der Waals surface area contributed by atoms with E-state index >= 15 is 0 Å². The molecule has 0 aromatic heterocycles. The summed E-state index contributed by atoms with van der Waals surface area (Å²) in [4.78, 5) is 13.0. The molecule has 1 fully saturated rings. The minimum absolute atomic E-state index is 0.118. The molecule has 0 spiro atoms. The molecule has 0 aliphatic carbocycles. The topological polar surface area (TPSA) is 75.7 Å². The Morgan fingerprint density at radius 2 is 1.65 bits per heavy atom. The highest BCUT2D eigenvalue weighted by molar-refractivity contribution is 7.88. The number of benzene rings is 3. The molecular weight excluding hydrogens is 495 g/mol. The van der Waals surface area contributed by atoms with Crippen molar-refractivity contribution >= 4 is 44.8 Å². The van der Waals surface area contributed by atoms with Gasteiger partial charge in [0.25, 0.3) is 0 Å². The van der Waals surface area contributed by atoms with E-state index in [4.69, 9.17) is 27.9 Å². The van der Waals surface area contributed by atoms with Gasteiger partial charge in [0.05, 0.1) is 11.4 Å². The molecule has 6 nitrogen and oxygen atoms in total. The molecule has 1 N–H and O–H groups in total. The number of anilines is 1. The lowest BCUT2D eigenvalue weighted by Crippen LogP contribution is -2.41. The monoisotopic (exact) mass is 518 g/mol. The van der Waals surface area contributed by atoms with Crippen LogP contribution in [0.1, 0.15) is 18.4 Å². The van der Waals surface area contributed by atoms with Gasteiger partial charge in [-0.15, -0.1) is 0 Å². The van der Waals surface area contributed by atoms with Crippen molar-refractivity contribution in [2.75, 3.05) is 18.4 Å². The summed E-state index contributed by atoms with van der Waals surface area (Å²) in [7, 11) is -3.50. The Morgan fingerprint density at radius 1 is 0.941 bits per heavy atom. The minimum Gasteiger partial charge on any atom is -0.455 e. The second-order valence-electron chi connectivity index (χ2n) is 8.10. The summed E-state index contributed by atoms with van der Waals surface area (Å²) in [6.07, 6.45) is 0.853. The van der Waals surface area contributed by atoms with Crippen molar-refractivity contribution in [1.29, 1.82) is 0 Å². The molecule has 4 rings (SSSR count). The first kappa shape index (κ1) is 24.5. The van der Waals surface area contributed by atoms with E-state index < -0.39 is 10.0 Å². The predicted molar refractivity (Wildman–Crippen MR) is 135 cm³/mol. The van der Waals surface area contributed by atoms with E-state index in [0.29, 0.717) is 45.6 Å². The van der Waals surface area contributed by atoms with E-state index in [9.17, 15) is 13.2 Å². The number of carbonyl (C=O) groups excluding carboxylic acids is 1. The van der Waals surface area contributed by atoms with Gasteiger partial charge in [0.15, 0.2) is 5.75 Å². The van der Waals surface area contributed by atoms with Gasteiger partial charge in [0.1, 0.15) is 5.75 Å². The van der Waals surface area contributed by atoms with Gasteiger partial charge >= 0.3 is 0 Å². The number of rotatable bonds is 7. The molecule has 1 aliphatic rings. The number of sulfonamides is 1. The number of nitrogens with one attached hydrogen (secondary N) is 1. The largest absolute Gasteiger partial charge is 0.455 e. The number of halogens is 2. The Bertz CT molecular complexity index is 1260. The highest BCUT2D eigenvalue weighted by Crippen LogP contribution is 2.33. The van der Waals surface area contributed by atoms with Crippen LogP contribution in [0.3, 0.4) is 0 Å². The maximum atomic E-state index is 13.0.